The molecular formula is C21H26N2O4. The van der Waals surface area contributed by atoms with Gasteiger partial charge in [0.05, 0.1) is 19.8 Å². The molecule has 2 N–H and O–H groups in total. The molecule has 0 radical (unpaired) electrons. The molecule has 3 rings (SSSR count). The first kappa shape index (κ1) is 18.9. The molecular weight excluding hydrogens is 344 g/mol. The van der Waals surface area contributed by atoms with Crippen LogP contribution < -0.4 is 24.8 Å². The van der Waals surface area contributed by atoms with E-state index >= 15 is 0 Å². The minimum atomic E-state index is -0.414. The molecule has 1 aliphatic rings. The second-order valence-electron chi connectivity index (χ2n) is 6.44. The van der Waals surface area contributed by atoms with Gasteiger partial charge >= 0.3 is 0 Å². The van der Waals surface area contributed by atoms with Crippen LogP contribution in [0.25, 0.3) is 0 Å². The molecule has 1 amide bonds. The van der Waals surface area contributed by atoms with Crippen molar-refractivity contribution in [2.24, 2.45) is 0 Å². The fraction of sp³-hybridized carbons (Fsp3) is 0.381. The quantitative estimate of drug-likeness (QED) is 0.769. The molecule has 2 aromatic rings. The average Bonchev–Trinajstić information content (AvgIpc) is 2.91. The highest BCUT2D eigenvalue weighted by molar-refractivity contribution is 5.96. The highest BCUT2D eigenvalue weighted by Gasteiger charge is 2.16. The summed E-state index contributed by atoms with van der Waals surface area (Å²) in [6, 6.07) is 12.6. The standard InChI is InChI=1S/C21H26N2O4/c1-3-10-25-18-7-4-6-16(13-18)22-15(2)21(24)23-17-8-9-19-20(14-17)27-12-5-11-26-19/h4,6-9,13-15,22H,3,5,10-12H2,1-2H3,(H,23,24). The summed E-state index contributed by atoms with van der Waals surface area (Å²) >= 11 is 0. The number of carbonyl (C=O) groups is 1. The zero-order valence-electron chi connectivity index (χ0n) is 15.8. The second-order valence-corrected chi connectivity index (χ2v) is 6.44. The summed E-state index contributed by atoms with van der Waals surface area (Å²) in [6.45, 7) is 5.80. The summed E-state index contributed by atoms with van der Waals surface area (Å²) in [5.41, 5.74) is 1.52. The van der Waals surface area contributed by atoms with Crippen molar-refractivity contribution in [1.29, 1.82) is 0 Å². The van der Waals surface area contributed by atoms with Gasteiger partial charge in [0, 0.05) is 29.9 Å². The lowest BCUT2D eigenvalue weighted by molar-refractivity contribution is -0.116. The molecule has 0 saturated carbocycles. The third-order valence-electron chi connectivity index (χ3n) is 4.10. The summed E-state index contributed by atoms with van der Waals surface area (Å²) in [5.74, 6) is 2.02. The first-order valence-corrected chi connectivity index (χ1v) is 9.35. The van der Waals surface area contributed by atoms with Gasteiger partial charge in [-0.05, 0) is 37.6 Å². The summed E-state index contributed by atoms with van der Waals surface area (Å²) in [4.78, 5) is 12.5. The smallest absolute Gasteiger partial charge is 0.246 e. The number of ether oxygens (including phenoxy) is 3. The maximum Gasteiger partial charge on any atom is 0.246 e. The number of rotatable bonds is 7. The lowest BCUT2D eigenvalue weighted by atomic mass is 10.2. The van der Waals surface area contributed by atoms with E-state index in [2.05, 4.69) is 17.6 Å². The fourth-order valence-corrected chi connectivity index (χ4v) is 2.70. The van der Waals surface area contributed by atoms with Crippen LogP contribution in [-0.2, 0) is 4.79 Å². The Balaban J connectivity index is 1.60. The van der Waals surface area contributed by atoms with E-state index in [0.717, 1.165) is 24.3 Å². The molecule has 6 heteroatoms. The van der Waals surface area contributed by atoms with Crippen LogP contribution in [0.15, 0.2) is 42.5 Å². The number of amides is 1. The lowest BCUT2D eigenvalue weighted by Gasteiger charge is -2.17. The molecule has 0 spiro atoms. The molecule has 2 aromatic carbocycles. The van der Waals surface area contributed by atoms with Crippen LogP contribution in [0, 0.1) is 0 Å². The number of anilines is 2. The zero-order chi connectivity index (χ0) is 19.1. The SMILES string of the molecule is CCCOc1cccc(NC(C)C(=O)Nc2ccc3c(c2)OCCCO3)c1. The van der Waals surface area contributed by atoms with Gasteiger partial charge in [-0.1, -0.05) is 13.0 Å². The van der Waals surface area contributed by atoms with Crippen molar-refractivity contribution in [2.75, 3.05) is 30.5 Å². The second kappa shape index (κ2) is 9.16. The van der Waals surface area contributed by atoms with Gasteiger partial charge < -0.3 is 24.8 Å². The third-order valence-corrected chi connectivity index (χ3v) is 4.10. The van der Waals surface area contributed by atoms with Crippen molar-refractivity contribution in [3.8, 4) is 17.2 Å². The summed E-state index contributed by atoms with van der Waals surface area (Å²) < 4.78 is 16.9. The van der Waals surface area contributed by atoms with Crippen LogP contribution in [0.1, 0.15) is 26.7 Å². The number of hydrogen-bond donors (Lipinski definition) is 2. The number of carbonyl (C=O) groups excluding carboxylic acids is 1. The van der Waals surface area contributed by atoms with Gasteiger partial charge in [0.2, 0.25) is 5.91 Å². The van der Waals surface area contributed by atoms with Crippen LogP contribution in [0.2, 0.25) is 0 Å². The first-order valence-electron chi connectivity index (χ1n) is 9.35. The molecule has 0 aliphatic carbocycles. The summed E-state index contributed by atoms with van der Waals surface area (Å²) in [6.07, 6.45) is 1.80. The number of benzene rings is 2. The normalized spacial score (nSPS) is 14.0. The Labute approximate surface area is 159 Å². The van der Waals surface area contributed by atoms with Gasteiger partial charge in [0.15, 0.2) is 11.5 Å². The topological polar surface area (TPSA) is 68.8 Å². The Morgan fingerprint density at radius 1 is 1.11 bits per heavy atom. The highest BCUT2D eigenvalue weighted by atomic mass is 16.5. The molecule has 1 aliphatic heterocycles. The van der Waals surface area contributed by atoms with Crippen molar-refractivity contribution >= 4 is 17.3 Å². The number of hydrogen-bond acceptors (Lipinski definition) is 5. The predicted molar refractivity (Wildman–Crippen MR) is 106 cm³/mol. The Kier molecular flexibility index (Phi) is 6.41. The van der Waals surface area contributed by atoms with E-state index in [1.54, 1.807) is 6.07 Å². The van der Waals surface area contributed by atoms with E-state index in [1.165, 1.54) is 0 Å². The molecule has 6 nitrogen and oxygen atoms in total. The van der Waals surface area contributed by atoms with Crippen molar-refractivity contribution in [3.05, 3.63) is 42.5 Å². The monoisotopic (exact) mass is 370 g/mol. The average molecular weight is 370 g/mol. The zero-order valence-corrected chi connectivity index (χ0v) is 15.8. The van der Waals surface area contributed by atoms with Crippen LogP contribution >= 0.6 is 0 Å². The molecule has 0 saturated heterocycles. The molecule has 1 unspecified atom stereocenters. The van der Waals surface area contributed by atoms with E-state index in [4.69, 9.17) is 14.2 Å². The van der Waals surface area contributed by atoms with Crippen LogP contribution in [-0.4, -0.2) is 31.8 Å². The summed E-state index contributed by atoms with van der Waals surface area (Å²) in [7, 11) is 0. The van der Waals surface area contributed by atoms with E-state index in [-0.39, 0.29) is 5.91 Å². The fourth-order valence-electron chi connectivity index (χ4n) is 2.70. The Morgan fingerprint density at radius 2 is 1.93 bits per heavy atom. The van der Waals surface area contributed by atoms with Gasteiger partial charge in [0.25, 0.3) is 0 Å². The van der Waals surface area contributed by atoms with Crippen molar-refractivity contribution in [1.82, 2.24) is 0 Å². The maximum absolute atomic E-state index is 12.5. The van der Waals surface area contributed by atoms with Crippen LogP contribution in [0.4, 0.5) is 11.4 Å². The van der Waals surface area contributed by atoms with E-state index in [9.17, 15) is 4.79 Å². The van der Waals surface area contributed by atoms with Crippen molar-refractivity contribution < 1.29 is 19.0 Å². The lowest BCUT2D eigenvalue weighted by Crippen LogP contribution is -2.31. The molecule has 0 aromatic heterocycles. The largest absolute Gasteiger partial charge is 0.494 e. The van der Waals surface area contributed by atoms with Crippen LogP contribution in [0.3, 0.4) is 0 Å². The molecule has 27 heavy (non-hydrogen) atoms. The molecule has 144 valence electrons. The van der Waals surface area contributed by atoms with Gasteiger partial charge in [-0.15, -0.1) is 0 Å². The van der Waals surface area contributed by atoms with Crippen LogP contribution in [0.5, 0.6) is 17.2 Å². The first-order chi connectivity index (χ1) is 13.2. The number of fused-ring (bicyclic) bond motifs is 1. The van der Waals surface area contributed by atoms with E-state index < -0.39 is 6.04 Å². The van der Waals surface area contributed by atoms with Gasteiger partial charge in [0.1, 0.15) is 11.8 Å². The molecule has 1 atom stereocenters. The number of nitrogens with one attached hydrogen (secondary N) is 2. The predicted octanol–water partition coefficient (Wildman–Crippen LogP) is 4.08. The minimum absolute atomic E-state index is 0.135. The summed E-state index contributed by atoms with van der Waals surface area (Å²) in [5, 5.41) is 6.12. The highest BCUT2D eigenvalue weighted by Crippen LogP contribution is 2.32. The molecule has 0 fully saturated rings. The van der Waals surface area contributed by atoms with Crippen molar-refractivity contribution in [3.63, 3.8) is 0 Å². The van der Waals surface area contributed by atoms with Gasteiger partial charge in [-0.3, -0.25) is 4.79 Å². The van der Waals surface area contributed by atoms with Gasteiger partial charge in [-0.25, -0.2) is 0 Å². The Hall–Kier alpha value is -2.89. The van der Waals surface area contributed by atoms with Crippen molar-refractivity contribution in [2.45, 2.75) is 32.7 Å². The Morgan fingerprint density at radius 3 is 2.74 bits per heavy atom. The minimum Gasteiger partial charge on any atom is -0.494 e. The van der Waals surface area contributed by atoms with Gasteiger partial charge in [-0.2, -0.15) is 0 Å². The Bertz CT molecular complexity index is 779. The maximum atomic E-state index is 12.5. The molecule has 1 heterocycles. The van der Waals surface area contributed by atoms with E-state index in [1.807, 2.05) is 43.3 Å². The van der Waals surface area contributed by atoms with E-state index in [0.29, 0.717) is 37.0 Å². The third kappa shape index (κ3) is 5.29. The molecule has 0 bridgehead atoms.